The second kappa shape index (κ2) is 6.02. The molecule has 1 heterocycles. The summed E-state index contributed by atoms with van der Waals surface area (Å²) in [6.07, 6.45) is 0. The SMILES string of the molecule is CCN(CC1COC(N)=N1)c1ccc(Cl)c(OC)c1. The lowest BCUT2D eigenvalue weighted by atomic mass is 10.2. The van der Waals surface area contributed by atoms with Crippen LogP contribution in [0.5, 0.6) is 5.75 Å². The van der Waals surface area contributed by atoms with Gasteiger partial charge in [-0.1, -0.05) is 11.6 Å². The van der Waals surface area contributed by atoms with Gasteiger partial charge in [0.05, 0.1) is 12.1 Å². The molecule has 0 spiro atoms. The van der Waals surface area contributed by atoms with Crippen molar-refractivity contribution in [1.82, 2.24) is 0 Å². The van der Waals surface area contributed by atoms with Crippen molar-refractivity contribution in [3.63, 3.8) is 0 Å². The Morgan fingerprint density at radius 2 is 2.37 bits per heavy atom. The average molecular weight is 284 g/mol. The highest BCUT2D eigenvalue weighted by Gasteiger charge is 2.20. The lowest BCUT2D eigenvalue weighted by Crippen LogP contribution is -2.32. The molecule has 0 amide bonds. The quantitative estimate of drug-likeness (QED) is 0.896. The van der Waals surface area contributed by atoms with Crippen molar-refractivity contribution in [1.29, 1.82) is 0 Å². The van der Waals surface area contributed by atoms with Gasteiger partial charge in [0.15, 0.2) is 0 Å². The number of aliphatic imine (C=N–C) groups is 1. The topological polar surface area (TPSA) is 60.1 Å². The molecule has 0 radical (unpaired) electrons. The van der Waals surface area contributed by atoms with E-state index in [1.165, 1.54) is 0 Å². The van der Waals surface area contributed by atoms with Crippen LogP contribution in [0.2, 0.25) is 5.02 Å². The average Bonchev–Trinajstić information content (AvgIpc) is 2.82. The molecule has 1 aromatic rings. The van der Waals surface area contributed by atoms with E-state index < -0.39 is 0 Å². The first-order valence-electron chi connectivity index (χ1n) is 6.18. The van der Waals surface area contributed by atoms with Crippen LogP contribution in [-0.4, -0.2) is 38.9 Å². The van der Waals surface area contributed by atoms with E-state index in [0.717, 1.165) is 18.8 Å². The molecular formula is C13H18ClN3O2. The molecule has 1 unspecified atom stereocenters. The van der Waals surface area contributed by atoms with Crippen LogP contribution in [0.15, 0.2) is 23.2 Å². The van der Waals surface area contributed by atoms with Crippen molar-refractivity contribution in [2.24, 2.45) is 10.7 Å². The monoisotopic (exact) mass is 283 g/mol. The third kappa shape index (κ3) is 3.23. The van der Waals surface area contributed by atoms with Crippen molar-refractivity contribution in [2.45, 2.75) is 13.0 Å². The van der Waals surface area contributed by atoms with Gasteiger partial charge in [-0.05, 0) is 19.1 Å². The number of rotatable bonds is 5. The Hall–Kier alpha value is -1.62. The molecule has 6 heteroatoms. The minimum Gasteiger partial charge on any atom is -0.495 e. The Balaban J connectivity index is 2.13. The number of hydrogen-bond donors (Lipinski definition) is 1. The fourth-order valence-corrected chi connectivity index (χ4v) is 2.24. The predicted molar refractivity (Wildman–Crippen MR) is 77.3 cm³/mol. The summed E-state index contributed by atoms with van der Waals surface area (Å²) in [6, 6.07) is 6.07. The van der Waals surface area contributed by atoms with Crippen LogP contribution >= 0.6 is 11.6 Å². The molecule has 1 aliphatic heterocycles. The summed E-state index contributed by atoms with van der Waals surface area (Å²) in [5, 5.41) is 0.605. The molecule has 0 aromatic heterocycles. The standard InChI is InChI=1S/C13H18ClN3O2/c1-3-17(7-9-8-19-13(15)16-9)10-4-5-11(14)12(6-10)18-2/h4-6,9H,3,7-8H2,1-2H3,(H2,15,16). The molecule has 1 atom stereocenters. The lowest BCUT2D eigenvalue weighted by molar-refractivity contribution is 0.313. The summed E-state index contributed by atoms with van der Waals surface area (Å²) < 4.78 is 10.4. The van der Waals surface area contributed by atoms with E-state index in [2.05, 4.69) is 16.8 Å². The van der Waals surface area contributed by atoms with Gasteiger partial charge >= 0.3 is 0 Å². The van der Waals surface area contributed by atoms with E-state index >= 15 is 0 Å². The van der Waals surface area contributed by atoms with Crippen molar-refractivity contribution < 1.29 is 9.47 Å². The van der Waals surface area contributed by atoms with Crippen LogP contribution in [-0.2, 0) is 4.74 Å². The summed E-state index contributed by atoms with van der Waals surface area (Å²) in [7, 11) is 1.61. The van der Waals surface area contributed by atoms with E-state index in [9.17, 15) is 0 Å². The van der Waals surface area contributed by atoms with Crippen LogP contribution in [0.1, 0.15) is 6.92 Å². The molecule has 19 heavy (non-hydrogen) atoms. The van der Waals surface area contributed by atoms with E-state index in [-0.39, 0.29) is 12.1 Å². The van der Waals surface area contributed by atoms with E-state index in [4.69, 9.17) is 26.8 Å². The summed E-state index contributed by atoms with van der Waals surface area (Å²) in [5.41, 5.74) is 6.56. The number of halogens is 1. The van der Waals surface area contributed by atoms with E-state index in [1.807, 2.05) is 18.2 Å². The van der Waals surface area contributed by atoms with E-state index in [0.29, 0.717) is 17.4 Å². The summed E-state index contributed by atoms with van der Waals surface area (Å²) in [5.74, 6) is 0.670. The molecule has 0 aliphatic carbocycles. The van der Waals surface area contributed by atoms with Crippen molar-refractivity contribution in [2.75, 3.05) is 31.7 Å². The number of ether oxygens (including phenoxy) is 2. The number of nitrogens with zero attached hydrogens (tertiary/aromatic N) is 2. The van der Waals surface area contributed by atoms with Gasteiger partial charge in [-0.25, -0.2) is 4.99 Å². The van der Waals surface area contributed by atoms with Gasteiger partial charge in [0.2, 0.25) is 0 Å². The van der Waals surface area contributed by atoms with Gasteiger partial charge in [0.25, 0.3) is 6.02 Å². The number of methoxy groups -OCH3 is 1. The van der Waals surface area contributed by atoms with Crippen LogP contribution in [0.25, 0.3) is 0 Å². The van der Waals surface area contributed by atoms with Crippen molar-refractivity contribution >= 4 is 23.3 Å². The Labute approximate surface area is 118 Å². The third-order valence-electron chi connectivity index (χ3n) is 3.05. The van der Waals surface area contributed by atoms with Crippen LogP contribution in [0, 0.1) is 0 Å². The highest BCUT2D eigenvalue weighted by Crippen LogP contribution is 2.29. The minimum absolute atomic E-state index is 0.0709. The Bertz CT molecular complexity index is 479. The zero-order valence-corrected chi connectivity index (χ0v) is 11.9. The lowest BCUT2D eigenvalue weighted by Gasteiger charge is -2.25. The maximum absolute atomic E-state index is 6.03. The first-order valence-corrected chi connectivity index (χ1v) is 6.56. The number of hydrogen-bond acceptors (Lipinski definition) is 5. The number of benzene rings is 1. The molecule has 104 valence electrons. The molecule has 2 rings (SSSR count). The number of anilines is 1. The summed E-state index contributed by atoms with van der Waals surface area (Å²) in [6.45, 7) is 4.23. The molecule has 2 N–H and O–H groups in total. The fourth-order valence-electron chi connectivity index (χ4n) is 2.05. The van der Waals surface area contributed by atoms with Crippen LogP contribution in [0.4, 0.5) is 5.69 Å². The van der Waals surface area contributed by atoms with Gasteiger partial charge in [-0.15, -0.1) is 0 Å². The molecule has 0 bridgehead atoms. The minimum atomic E-state index is 0.0709. The molecule has 1 aliphatic rings. The third-order valence-corrected chi connectivity index (χ3v) is 3.36. The normalized spacial score (nSPS) is 17.8. The summed E-state index contributed by atoms with van der Waals surface area (Å²) in [4.78, 5) is 6.42. The van der Waals surface area contributed by atoms with Gasteiger partial charge in [-0.3, -0.25) is 0 Å². The molecular weight excluding hydrogens is 266 g/mol. The van der Waals surface area contributed by atoms with E-state index in [1.54, 1.807) is 7.11 Å². The van der Waals surface area contributed by atoms with Gasteiger partial charge in [-0.2, -0.15) is 0 Å². The summed E-state index contributed by atoms with van der Waals surface area (Å²) >= 11 is 6.03. The van der Waals surface area contributed by atoms with Crippen LogP contribution in [0.3, 0.4) is 0 Å². The molecule has 0 saturated carbocycles. The first kappa shape index (κ1) is 13.8. The maximum atomic E-state index is 6.03. The largest absolute Gasteiger partial charge is 0.495 e. The maximum Gasteiger partial charge on any atom is 0.282 e. The molecule has 0 saturated heterocycles. The van der Waals surface area contributed by atoms with Crippen molar-refractivity contribution in [3.05, 3.63) is 23.2 Å². The molecule has 0 fully saturated rings. The second-order valence-electron chi connectivity index (χ2n) is 4.29. The molecule has 1 aromatic carbocycles. The predicted octanol–water partition coefficient (Wildman–Crippen LogP) is 1.89. The van der Waals surface area contributed by atoms with Gasteiger partial charge in [0.1, 0.15) is 18.4 Å². The smallest absolute Gasteiger partial charge is 0.282 e. The zero-order chi connectivity index (χ0) is 13.8. The number of likely N-dealkylation sites (N-methyl/N-ethyl adjacent to an activating group) is 1. The number of amidine groups is 1. The van der Waals surface area contributed by atoms with Crippen molar-refractivity contribution in [3.8, 4) is 5.75 Å². The first-order chi connectivity index (χ1) is 9.13. The van der Waals surface area contributed by atoms with Crippen LogP contribution < -0.4 is 15.4 Å². The number of nitrogens with two attached hydrogens (primary N) is 1. The fraction of sp³-hybridized carbons (Fsp3) is 0.462. The Morgan fingerprint density at radius 3 is 2.95 bits per heavy atom. The zero-order valence-electron chi connectivity index (χ0n) is 11.1. The highest BCUT2D eigenvalue weighted by molar-refractivity contribution is 6.32. The highest BCUT2D eigenvalue weighted by atomic mass is 35.5. The van der Waals surface area contributed by atoms with Gasteiger partial charge in [0, 0.05) is 24.8 Å². The Kier molecular flexibility index (Phi) is 4.37. The Morgan fingerprint density at radius 1 is 1.58 bits per heavy atom. The molecule has 5 nitrogen and oxygen atoms in total. The van der Waals surface area contributed by atoms with Gasteiger partial charge < -0.3 is 20.1 Å². The second-order valence-corrected chi connectivity index (χ2v) is 4.70.